The number of aryl methyl sites for hydroxylation is 1. The molecule has 2 rings (SSSR count). The van der Waals surface area contributed by atoms with Gasteiger partial charge in [0.15, 0.2) is 0 Å². The van der Waals surface area contributed by atoms with Crippen LogP contribution in [0.3, 0.4) is 0 Å². The van der Waals surface area contributed by atoms with Crippen LogP contribution >= 0.6 is 0 Å². The number of benzene rings is 2. The fraction of sp³-hybridized carbons (Fsp3) is 0.316. The van der Waals surface area contributed by atoms with E-state index in [1.165, 1.54) is 11.4 Å². The smallest absolute Gasteiger partial charge is 0.232 e. The number of rotatable bonds is 9. The Hall–Kier alpha value is -2.54. The van der Waals surface area contributed by atoms with Crippen molar-refractivity contribution < 1.29 is 17.9 Å². The number of hydrogen-bond acceptors (Lipinski definition) is 4. The largest absolute Gasteiger partial charge is 0.495 e. The third-order valence-corrected chi connectivity index (χ3v) is 5.05. The van der Waals surface area contributed by atoms with Crippen LogP contribution < -0.4 is 14.4 Å². The van der Waals surface area contributed by atoms with Crippen LogP contribution in [-0.2, 0) is 21.2 Å². The summed E-state index contributed by atoms with van der Waals surface area (Å²) in [6.45, 7) is 0.356. The van der Waals surface area contributed by atoms with E-state index in [-0.39, 0.29) is 19.0 Å². The maximum atomic E-state index is 12.1. The maximum Gasteiger partial charge on any atom is 0.232 e. The van der Waals surface area contributed by atoms with Gasteiger partial charge in [-0.25, -0.2) is 8.42 Å². The lowest BCUT2D eigenvalue weighted by Gasteiger charge is -2.24. The van der Waals surface area contributed by atoms with Crippen molar-refractivity contribution in [3.05, 3.63) is 60.2 Å². The van der Waals surface area contributed by atoms with Gasteiger partial charge in [-0.15, -0.1) is 0 Å². The van der Waals surface area contributed by atoms with Crippen molar-refractivity contribution in [1.82, 2.24) is 5.32 Å². The summed E-state index contributed by atoms with van der Waals surface area (Å²) >= 11 is 0. The first-order chi connectivity index (χ1) is 12.4. The predicted octanol–water partition coefficient (Wildman–Crippen LogP) is 2.21. The minimum Gasteiger partial charge on any atom is -0.495 e. The van der Waals surface area contributed by atoms with Crippen molar-refractivity contribution in [2.45, 2.75) is 12.8 Å². The zero-order chi connectivity index (χ0) is 19.0. The fourth-order valence-electron chi connectivity index (χ4n) is 2.59. The molecule has 0 aliphatic rings. The number of anilines is 1. The van der Waals surface area contributed by atoms with Gasteiger partial charge in [-0.05, 0) is 24.1 Å². The summed E-state index contributed by atoms with van der Waals surface area (Å²) in [5.74, 6) is 0.357. The fourth-order valence-corrected chi connectivity index (χ4v) is 3.52. The molecule has 0 aromatic heterocycles. The third-order valence-electron chi connectivity index (χ3n) is 3.87. The Morgan fingerprint density at radius 1 is 1.08 bits per heavy atom. The highest BCUT2D eigenvalue weighted by atomic mass is 32.2. The molecule has 6 nitrogen and oxygen atoms in total. The summed E-state index contributed by atoms with van der Waals surface area (Å²) < 4.78 is 30.8. The molecule has 0 bridgehead atoms. The number of para-hydroxylation sites is 2. The van der Waals surface area contributed by atoms with Gasteiger partial charge in [0.05, 0.1) is 25.6 Å². The number of carbonyl (C=O) groups excluding carboxylic acids is 1. The molecule has 2 aromatic carbocycles. The van der Waals surface area contributed by atoms with E-state index in [9.17, 15) is 13.2 Å². The number of sulfonamides is 1. The number of carbonyl (C=O) groups is 1. The summed E-state index contributed by atoms with van der Waals surface area (Å²) in [6, 6.07) is 16.6. The lowest BCUT2D eigenvalue weighted by atomic mass is 10.1. The molecule has 0 unspecified atom stereocenters. The van der Waals surface area contributed by atoms with Gasteiger partial charge >= 0.3 is 0 Å². The SMILES string of the molecule is COc1ccccc1N(CCNC(=O)CCc1ccccc1)S(C)(=O)=O. The molecule has 1 amide bonds. The van der Waals surface area contributed by atoms with Crippen LogP contribution in [0, 0.1) is 0 Å². The van der Waals surface area contributed by atoms with Gasteiger partial charge in [0.1, 0.15) is 5.75 Å². The summed E-state index contributed by atoms with van der Waals surface area (Å²) in [5.41, 5.74) is 1.55. The number of hydrogen-bond donors (Lipinski definition) is 1. The second-order valence-corrected chi connectivity index (χ2v) is 7.75. The highest BCUT2D eigenvalue weighted by Crippen LogP contribution is 2.29. The average molecular weight is 376 g/mol. The molecular formula is C19H24N2O4S. The maximum absolute atomic E-state index is 12.1. The standard InChI is InChI=1S/C19H24N2O4S/c1-25-18-11-7-6-10-17(18)21(26(2,23)24)15-14-20-19(22)13-12-16-8-4-3-5-9-16/h3-11H,12-15H2,1-2H3,(H,20,22). The second-order valence-electron chi connectivity index (χ2n) is 5.84. The van der Waals surface area contributed by atoms with Crippen molar-refractivity contribution in [1.29, 1.82) is 0 Å². The van der Waals surface area contributed by atoms with Crippen molar-refractivity contribution >= 4 is 21.6 Å². The number of amides is 1. The predicted molar refractivity (Wildman–Crippen MR) is 103 cm³/mol. The molecule has 0 radical (unpaired) electrons. The van der Waals surface area contributed by atoms with Gasteiger partial charge < -0.3 is 10.1 Å². The summed E-state index contributed by atoms with van der Waals surface area (Å²) in [6.07, 6.45) is 2.14. The topological polar surface area (TPSA) is 75.7 Å². The van der Waals surface area contributed by atoms with Gasteiger partial charge in [0.2, 0.25) is 15.9 Å². The van der Waals surface area contributed by atoms with Gasteiger partial charge in [-0.3, -0.25) is 9.10 Å². The van der Waals surface area contributed by atoms with Crippen LogP contribution in [-0.4, -0.2) is 40.8 Å². The lowest BCUT2D eigenvalue weighted by Crippen LogP contribution is -2.38. The molecule has 140 valence electrons. The minimum absolute atomic E-state index is 0.109. The molecule has 0 aliphatic carbocycles. The van der Waals surface area contributed by atoms with Crippen LogP contribution in [0.25, 0.3) is 0 Å². The molecule has 0 fully saturated rings. The molecule has 0 spiro atoms. The number of ether oxygens (including phenoxy) is 1. The zero-order valence-electron chi connectivity index (χ0n) is 15.0. The van der Waals surface area contributed by atoms with Crippen LogP contribution in [0.1, 0.15) is 12.0 Å². The number of nitrogens with zero attached hydrogens (tertiary/aromatic N) is 1. The Balaban J connectivity index is 1.93. The van der Waals surface area contributed by atoms with Gasteiger partial charge in [-0.1, -0.05) is 42.5 Å². The molecule has 0 saturated heterocycles. The summed E-state index contributed by atoms with van der Waals surface area (Å²) in [5, 5.41) is 2.78. The van der Waals surface area contributed by atoms with E-state index in [4.69, 9.17) is 4.74 Å². The van der Waals surface area contributed by atoms with Crippen LogP contribution in [0.5, 0.6) is 5.75 Å². The van der Waals surface area contributed by atoms with E-state index >= 15 is 0 Å². The Morgan fingerprint density at radius 3 is 2.38 bits per heavy atom. The Morgan fingerprint density at radius 2 is 1.73 bits per heavy atom. The van der Waals surface area contributed by atoms with E-state index in [1.807, 2.05) is 30.3 Å². The first-order valence-corrected chi connectivity index (χ1v) is 10.2. The quantitative estimate of drug-likeness (QED) is 0.728. The van der Waals surface area contributed by atoms with Crippen LogP contribution in [0.15, 0.2) is 54.6 Å². The van der Waals surface area contributed by atoms with E-state index in [2.05, 4.69) is 5.32 Å². The molecule has 0 atom stereocenters. The van der Waals surface area contributed by atoms with Crippen molar-refractivity contribution in [2.24, 2.45) is 0 Å². The molecule has 0 heterocycles. The van der Waals surface area contributed by atoms with Crippen LogP contribution in [0.4, 0.5) is 5.69 Å². The second kappa shape index (κ2) is 9.24. The first-order valence-electron chi connectivity index (χ1n) is 8.33. The van der Waals surface area contributed by atoms with E-state index in [1.54, 1.807) is 24.3 Å². The van der Waals surface area contributed by atoms with Gasteiger partial charge in [-0.2, -0.15) is 0 Å². The summed E-state index contributed by atoms with van der Waals surface area (Å²) in [7, 11) is -2.01. The molecule has 0 aliphatic heterocycles. The number of nitrogens with one attached hydrogen (secondary N) is 1. The van der Waals surface area contributed by atoms with Crippen molar-refractivity contribution in [3.8, 4) is 5.75 Å². The molecule has 7 heteroatoms. The highest BCUT2D eigenvalue weighted by molar-refractivity contribution is 7.92. The monoisotopic (exact) mass is 376 g/mol. The Kier molecular flexibility index (Phi) is 7.03. The molecule has 0 saturated carbocycles. The zero-order valence-corrected chi connectivity index (χ0v) is 15.8. The molecule has 2 aromatic rings. The highest BCUT2D eigenvalue weighted by Gasteiger charge is 2.20. The Bertz CT molecular complexity index is 822. The van der Waals surface area contributed by atoms with E-state index < -0.39 is 10.0 Å². The van der Waals surface area contributed by atoms with E-state index in [0.717, 1.165) is 11.8 Å². The average Bonchev–Trinajstić information content (AvgIpc) is 2.63. The third kappa shape index (κ3) is 5.77. The lowest BCUT2D eigenvalue weighted by molar-refractivity contribution is -0.120. The van der Waals surface area contributed by atoms with E-state index in [0.29, 0.717) is 24.3 Å². The number of methoxy groups -OCH3 is 1. The summed E-state index contributed by atoms with van der Waals surface area (Å²) in [4.78, 5) is 12.0. The van der Waals surface area contributed by atoms with Crippen molar-refractivity contribution in [2.75, 3.05) is 30.8 Å². The molecule has 1 N–H and O–H groups in total. The normalized spacial score (nSPS) is 11.0. The van der Waals surface area contributed by atoms with Gasteiger partial charge in [0.25, 0.3) is 0 Å². The van der Waals surface area contributed by atoms with Crippen LogP contribution in [0.2, 0.25) is 0 Å². The molecular weight excluding hydrogens is 352 g/mol. The minimum atomic E-state index is -3.50. The Labute approximate surface area is 154 Å². The van der Waals surface area contributed by atoms with Gasteiger partial charge in [0, 0.05) is 13.0 Å². The van der Waals surface area contributed by atoms with Crippen molar-refractivity contribution in [3.63, 3.8) is 0 Å². The first kappa shape index (κ1) is 19.8. The molecule has 26 heavy (non-hydrogen) atoms.